The first-order valence-electron chi connectivity index (χ1n) is 6.75. The minimum absolute atomic E-state index is 0.0274. The first-order chi connectivity index (χ1) is 11.2. The Morgan fingerprint density at radius 1 is 1.25 bits per heavy atom. The second kappa shape index (κ2) is 6.67. The summed E-state index contributed by atoms with van der Waals surface area (Å²) in [6, 6.07) is 5.66. The normalized spacial score (nSPS) is 11.0. The van der Waals surface area contributed by atoms with E-state index in [1.54, 1.807) is 6.92 Å². The summed E-state index contributed by atoms with van der Waals surface area (Å²) in [5, 5.41) is 32.4. The Kier molecular flexibility index (Phi) is 4.85. The summed E-state index contributed by atoms with van der Waals surface area (Å²) in [6.07, 6.45) is 1.20. The van der Waals surface area contributed by atoms with E-state index < -0.39 is 22.3 Å². The topological polar surface area (TPSA) is 116 Å². The van der Waals surface area contributed by atoms with Crippen LogP contribution in [0.2, 0.25) is 5.02 Å². The fraction of sp³-hybridized carbons (Fsp3) is 0.125. The lowest BCUT2D eigenvalue weighted by atomic mass is 10.0. The molecule has 2 aromatic carbocycles. The maximum Gasteiger partial charge on any atom is 0.335 e. The summed E-state index contributed by atoms with van der Waals surface area (Å²) >= 11 is 6.07. The van der Waals surface area contributed by atoms with Crippen LogP contribution < -0.4 is 5.11 Å². The van der Waals surface area contributed by atoms with Crippen molar-refractivity contribution in [2.45, 2.75) is 13.8 Å². The fourth-order valence-corrected chi connectivity index (χ4v) is 2.37. The molecule has 1 N–H and O–H groups in total. The average molecular weight is 348 g/mol. The number of carboxylic acids is 1. The number of rotatable bonds is 4. The lowest BCUT2D eigenvalue weighted by Gasteiger charge is -2.17. The van der Waals surface area contributed by atoms with Gasteiger partial charge in [0.25, 0.3) is 5.69 Å². The predicted octanol–water partition coefficient (Wildman–Crippen LogP) is 3.39. The van der Waals surface area contributed by atoms with Crippen LogP contribution in [-0.4, -0.2) is 22.2 Å². The van der Waals surface area contributed by atoms with Crippen molar-refractivity contribution < 1.29 is 19.9 Å². The molecule has 2 rings (SSSR count). The Labute approximate surface area is 142 Å². The van der Waals surface area contributed by atoms with E-state index in [4.69, 9.17) is 16.7 Å². The predicted molar refractivity (Wildman–Crippen MR) is 87.7 cm³/mol. The molecule has 0 aliphatic rings. The molecule has 8 heteroatoms. The Balaban J connectivity index is 2.49. The van der Waals surface area contributed by atoms with Crippen molar-refractivity contribution in [2.24, 2.45) is 4.99 Å². The largest absolute Gasteiger partial charge is 0.867 e. The standard InChI is InChI=1S/C16H13ClN2O5/c1-8-12(15(20)14(19(23)24)9(2)13(8)17)7-18-11-5-3-10(4-6-11)16(21)22/h3-7,20H,1-2H3,(H,21,22)/p-1. The van der Waals surface area contributed by atoms with Gasteiger partial charge >= 0.3 is 5.97 Å². The number of hydrogen-bond donors (Lipinski definition) is 1. The van der Waals surface area contributed by atoms with Crippen LogP contribution >= 0.6 is 11.6 Å². The first-order valence-corrected chi connectivity index (χ1v) is 7.13. The fourth-order valence-electron chi connectivity index (χ4n) is 2.18. The van der Waals surface area contributed by atoms with Gasteiger partial charge in [0.2, 0.25) is 0 Å². The molecule has 2 aromatic rings. The average Bonchev–Trinajstić information content (AvgIpc) is 2.53. The highest BCUT2D eigenvalue weighted by atomic mass is 35.5. The van der Waals surface area contributed by atoms with Crippen LogP contribution in [0.4, 0.5) is 11.4 Å². The smallest absolute Gasteiger partial charge is 0.335 e. The minimum atomic E-state index is -1.07. The van der Waals surface area contributed by atoms with Crippen LogP contribution in [-0.2, 0) is 0 Å². The van der Waals surface area contributed by atoms with Crippen LogP contribution in [0.15, 0.2) is 29.3 Å². The molecule has 0 spiro atoms. The number of nitro groups is 1. The van der Waals surface area contributed by atoms with Crippen LogP contribution in [0.3, 0.4) is 0 Å². The van der Waals surface area contributed by atoms with Crippen molar-refractivity contribution in [1.82, 2.24) is 0 Å². The summed E-state index contributed by atoms with van der Waals surface area (Å²) in [4.78, 5) is 25.2. The van der Waals surface area contributed by atoms with Crippen LogP contribution in [0.25, 0.3) is 0 Å². The van der Waals surface area contributed by atoms with Gasteiger partial charge in [-0.2, -0.15) is 0 Å². The lowest BCUT2D eigenvalue weighted by Crippen LogP contribution is -2.07. The third-order valence-electron chi connectivity index (χ3n) is 3.52. The zero-order chi connectivity index (χ0) is 18.0. The SMILES string of the molecule is Cc1c(Cl)c(C)c([N+](=O)[O-])c([O-])c1C=Nc1ccc(C(=O)O)cc1. The molecule has 0 atom stereocenters. The highest BCUT2D eigenvalue weighted by molar-refractivity contribution is 6.33. The van der Waals surface area contributed by atoms with Crippen molar-refractivity contribution in [3.05, 3.63) is 61.7 Å². The van der Waals surface area contributed by atoms with Gasteiger partial charge in [0.05, 0.1) is 21.2 Å². The molecule has 0 aliphatic carbocycles. The molecular formula is C16H12ClN2O5-. The molecule has 0 aliphatic heterocycles. The Bertz CT molecular complexity index is 860. The van der Waals surface area contributed by atoms with E-state index in [1.807, 2.05) is 0 Å². The van der Waals surface area contributed by atoms with Crippen molar-refractivity contribution in [1.29, 1.82) is 0 Å². The Morgan fingerprint density at radius 3 is 2.33 bits per heavy atom. The molecule has 0 bridgehead atoms. The quantitative estimate of drug-likeness (QED) is 0.517. The van der Waals surface area contributed by atoms with Crippen molar-refractivity contribution in [3.8, 4) is 5.75 Å². The molecule has 7 nitrogen and oxygen atoms in total. The number of aromatic carboxylic acids is 1. The highest BCUT2D eigenvalue weighted by Gasteiger charge is 2.20. The van der Waals surface area contributed by atoms with Gasteiger partial charge in [-0.15, -0.1) is 0 Å². The second-order valence-corrected chi connectivity index (χ2v) is 5.40. The van der Waals surface area contributed by atoms with Gasteiger partial charge < -0.3 is 10.2 Å². The van der Waals surface area contributed by atoms with Crippen molar-refractivity contribution >= 4 is 35.2 Å². The second-order valence-electron chi connectivity index (χ2n) is 5.02. The first kappa shape index (κ1) is 17.4. The van der Waals surface area contributed by atoms with Gasteiger partial charge in [-0.3, -0.25) is 15.1 Å². The van der Waals surface area contributed by atoms with E-state index in [0.717, 1.165) is 0 Å². The van der Waals surface area contributed by atoms with Crippen LogP contribution in [0, 0.1) is 24.0 Å². The lowest BCUT2D eigenvalue weighted by molar-refractivity contribution is -0.398. The number of aliphatic imine (C=N–C) groups is 1. The van der Waals surface area contributed by atoms with Crippen molar-refractivity contribution in [2.75, 3.05) is 0 Å². The molecule has 0 fully saturated rings. The molecule has 0 heterocycles. The molecule has 0 saturated heterocycles. The minimum Gasteiger partial charge on any atom is -0.867 e. The van der Waals surface area contributed by atoms with E-state index in [1.165, 1.54) is 37.4 Å². The molecule has 0 aromatic heterocycles. The molecule has 0 radical (unpaired) electrons. The molecule has 0 unspecified atom stereocenters. The summed E-state index contributed by atoms with van der Waals surface area (Å²) < 4.78 is 0. The summed E-state index contributed by atoms with van der Waals surface area (Å²) in [5.74, 6) is -1.82. The molecule has 124 valence electrons. The van der Waals surface area contributed by atoms with E-state index in [9.17, 15) is 20.0 Å². The number of nitro benzene ring substituents is 1. The van der Waals surface area contributed by atoms with Crippen molar-refractivity contribution in [3.63, 3.8) is 0 Å². The maximum atomic E-state index is 12.3. The van der Waals surface area contributed by atoms with Crippen LogP contribution in [0.5, 0.6) is 5.75 Å². The number of carboxylic acid groups (broad SMARTS) is 1. The third kappa shape index (κ3) is 3.21. The van der Waals surface area contributed by atoms with Gasteiger partial charge in [0.1, 0.15) is 0 Å². The number of hydrogen-bond acceptors (Lipinski definition) is 5. The van der Waals surface area contributed by atoms with E-state index in [-0.39, 0.29) is 21.7 Å². The number of halogens is 1. The molecule has 0 saturated carbocycles. The third-order valence-corrected chi connectivity index (χ3v) is 4.08. The van der Waals surface area contributed by atoms with E-state index >= 15 is 0 Å². The zero-order valence-corrected chi connectivity index (χ0v) is 13.5. The Morgan fingerprint density at radius 2 is 1.83 bits per heavy atom. The van der Waals surface area contributed by atoms with E-state index in [0.29, 0.717) is 11.3 Å². The van der Waals surface area contributed by atoms with E-state index in [2.05, 4.69) is 4.99 Å². The monoisotopic (exact) mass is 347 g/mol. The molecule has 24 heavy (non-hydrogen) atoms. The number of carbonyl (C=O) groups is 1. The Hall–Kier alpha value is -2.93. The van der Waals surface area contributed by atoms with Gasteiger partial charge in [0.15, 0.2) is 0 Å². The van der Waals surface area contributed by atoms with Crippen LogP contribution in [0.1, 0.15) is 27.0 Å². The van der Waals surface area contributed by atoms with Gasteiger partial charge in [-0.25, -0.2) is 4.79 Å². The molecule has 0 amide bonds. The maximum absolute atomic E-state index is 12.3. The highest BCUT2D eigenvalue weighted by Crippen LogP contribution is 2.38. The molecular weight excluding hydrogens is 336 g/mol. The summed E-state index contributed by atoms with van der Waals surface area (Å²) in [6.45, 7) is 3.00. The van der Waals surface area contributed by atoms with Gasteiger partial charge in [0, 0.05) is 11.8 Å². The number of nitrogens with zero attached hydrogens (tertiary/aromatic N) is 2. The summed E-state index contributed by atoms with van der Waals surface area (Å²) in [5.41, 5.74) is 0.470. The van der Waals surface area contributed by atoms with Gasteiger partial charge in [-0.05, 0) is 55.0 Å². The zero-order valence-electron chi connectivity index (χ0n) is 12.7. The number of benzene rings is 2. The summed E-state index contributed by atoms with van der Waals surface area (Å²) in [7, 11) is 0. The van der Waals surface area contributed by atoms with Gasteiger partial charge in [-0.1, -0.05) is 11.6 Å².